The fraction of sp³-hybridized carbons (Fsp3) is 0.167. The second kappa shape index (κ2) is 9.30. The van der Waals surface area contributed by atoms with Crippen molar-refractivity contribution >= 4 is 23.2 Å². The normalized spacial score (nSPS) is 11.1. The second-order valence-electron chi connectivity index (χ2n) is 7.15. The summed E-state index contributed by atoms with van der Waals surface area (Å²) in [4.78, 5) is 16.9. The van der Waals surface area contributed by atoms with Crippen molar-refractivity contribution in [3.63, 3.8) is 0 Å². The number of benzene rings is 2. The molecule has 1 N–H and O–H groups in total. The molecule has 0 saturated carbocycles. The van der Waals surface area contributed by atoms with E-state index in [9.17, 15) is 4.79 Å². The molecule has 0 bridgehead atoms. The number of hydrogen-bond donors (Lipinski definition) is 1. The molecule has 32 heavy (non-hydrogen) atoms. The molecule has 0 aliphatic carbocycles. The SMILES string of the molecule is COc1ccc(/C=N/NC(=O)COc2cc(C)nc3c2c(C)nn3-c2ccccc2)cc1. The third kappa shape index (κ3) is 4.59. The average molecular weight is 429 g/mol. The standard InChI is InChI=1S/C24H23N5O3/c1-16-13-21(23-17(2)28-29(24(23)26-16)19-7-5-4-6-8-19)32-15-22(30)27-25-14-18-9-11-20(31-3)12-10-18/h4-14H,15H2,1-3H3,(H,27,30)/b25-14+. The van der Waals surface area contributed by atoms with Crippen molar-refractivity contribution in [1.82, 2.24) is 20.2 Å². The Balaban J connectivity index is 1.47. The molecule has 2 aromatic carbocycles. The largest absolute Gasteiger partial charge is 0.497 e. The summed E-state index contributed by atoms with van der Waals surface area (Å²) in [7, 11) is 1.61. The predicted octanol–water partition coefficient (Wildman–Crippen LogP) is 3.58. The Kier molecular flexibility index (Phi) is 6.12. The van der Waals surface area contributed by atoms with Crippen molar-refractivity contribution in [3.8, 4) is 17.2 Å². The van der Waals surface area contributed by atoms with Crippen LogP contribution < -0.4 is 14.9 Å². The quantitative estimate of drug-likeness (QED) is 0.358. The van der Waals surface area contributed by atoms with Gasteiger partial charge in [0, 0.05) is 11.8 Å². The first-order valence-electron chi connectivity index (χ1n) is 10.1. The number of amides is 1. The third-order valence-corrected chi connectivity index (χ3v) is 4.78. The van der Waals surface area contributed by atoms with Crippen molar-refractivity contribution in [1.29, 1.82) is 0 Å². The molecular formula is C24H23N5O3. The van der Waals surface area contributed by atoms with Gasteiger partial charge in [0.15, 0.2) is 12.3 Å². The van der Waals surface area contributed by atoms with Crippen LogP contribution in [0, 0.1) is 13.8 Å². The van der Waals surface area contributed by atoms with Crippen LogP contribution in [0.2, 0.25) is 0 Å². The van der Waals surface area contributed by atoms with E-state index in [0.717, 1.165) is 33.8 Å². The number of hydrogen-bond acceptors (Lipinski definition) is 6. The van der Waals surface area contributed by atoms with Crippen LogP contribution in [0.4, 0.5) is 0 Å². The van der Waals surface area contributed by atoms with E-state index >= 15 is 0 Å². The van der Waals surface area contributed by atoms with Crippen LogP contribution in [-0.2, 0) is 4.79 Å². The summed E-state index contributed by atoms with van der Waals surface area (Å²) in [6.07, 6.45) is 1.56. The molecule has 0 aliphatic rings. The van der Waals surface area contributed by atoms with Crippen molar-refractivity contribution in [2.24, 2.45) is 5.10 Å². The molecule has 8 heteroatoms. The lowest BCUT2D eigenvalue weighted by atomic mass is 10.2. The van der Waals surface area contributed by atoms with Crippen molar-refractivity contribution < 1.29 is 14.3 Å². The Hall–Kier alpha value is -4.20. The van der Waals surface area contributed by atoms with Crippen molar-refractivity contribution in [2.45, 2.75) is 13.8 Å². The number of carbonyl (C=O) groups excluding carboxylic acids is 1. The maximum Gasteiger partial charge on any atom is 0.277 e. The highest BCUT2D eigenvalue weighted by molar-refractivity contribution is 5.87. The minimum Gasteiger partial charge on any atom is -0.497 e. The molecule has 0 fully saturated rings. The Bertz CT molecular complexity index is 1260. The molecule has 0 unspecified atom stereocenters. The molecule has 0 saturated heterocycles. The number of fused-ring (bicyclic) bond motifs is 1. The molecule has 0 atom stereocenters. The summed E-state index contributed by atoms with van der Waals surface area (Å²) in [6.45, 7) is 3.59. The summed E-state index contributed by atoms with van der Waals surface area (Å²) < 4.78 is 12.7. The van der Waals surface area contributed by atoms with E-state index in [0.29, 0.717) is 11.4 Å². The van der Waals surface area contributed by atoms with Gasteiger partial charge in [-0.3, -0.25) is 4.79 Å². The Labute approximate surface area is 185 Å². The topological polar surface area (TPSA) is 90.6 Å². The van der Waals surface area contributed by atoms with E-state index in [1.807, 2.05) is 68.4 Å². The van der Waals surface area contributed by atoms with Gasteiger partial charge in [0.25, 0.3) is 5.91 Å². The first-order valence-corrected chi connectivity index (χ1v) is 10.1. The summed E-state index contributed by atoms with van der Waals surface area (Å²) >= 11 is 0. The zero-order chi connectivity index (χ0) is 22.5. The highest BCUT2D eigenvalue weighted by atomic mass is 16.5. The van der Waals surface area contributed by atoms with Gasteiger partial charge in [0.2, 0.25) is 0 Å². The smallest absolute Gasteiger partial charge is 0.277 e. The molecule has 4 aromatic rings. The van der Waals surface area contributed by atoms with Crippen LogP contribution >= 0.6 is 0 Å². The summed E-state index contributed by atoms with van der Waals surface area (Å²) in [5.74, 6) is 0.941. The van der Waals surface area contributed by atoms with Gasteiger partial charge < -0.3 is 9.47 Å². The minimum absolute atomic E-state index is 0.186. The van der Waals surface area contributed by atoms with Crippen LogP contribution in [0.25, 0.3) is 16.7 Å². The highest BCUT2D eigenvalue weighted by Crippen LogP contribution is 2.30. The molecular weight excluding hydrogens is 406 g/mol. The maximum atomic E-state index is 12.2. The monoisotopic (exact) mass is 429 g/mol. The lowest BCUT2D eigenvalue weighted by molar-refractivity contribution is -0.123. The van der Waals surface area contributed by atoms with Crippen molar-refractivity contribution in [3.05, 3.63) is 77.6 Å². The lowest BCUT2D eigenvalue weighted by Gasteiger charge is -2.09. The fourth-order valence-electron chi connectivity index (χ4n) is 3.28. The van der Waals surface area contributed by atoms with Gasteiger partial charge in [0.05, 0.1) is 30.1 Å². The Morgan fingerprint density at radius 2 is 1.88 bits per heavy atom. The van der Waals surface area contributed by atoms with E-state index < -0.39 is 0 Å². The number of methoxy groups -OCH3 is 1. The van der Waals surface area contributed by atoms with Gasteiger partial charge in [-0.05, 0) is 55.8 Å². The number of hydrazone groups is 1. The van der Waals surface area contributed by atoms with Crippen LogP contribution in [0.3, 0.4) is 0 Å². The van der Waals surface area contributed by atoms with Gasteiger partial charge in [-0.25, -0.2) is 15.1 Å². The average Bonchev–Trinajstić information content (AvgIpc) is 3.14. The van der Waals surface area contributed by atoms with E-state index in [-0.39, 0.29) is 12.5 Å². The maximum absolute atomic E-state index is 12.2. The molecule has 2 heterocycles. The van der Waals surface area contributed by atoms with Gasteiger partial charge >= 0.3 is 0 Å². The summed E-state index contributed by atoms with van der Waals surface area (Å²) in [6, 6.07) is 18.9. The van der Waals surface area contributed by atoms with E-state index in [1.54, 1.807) is 24.1 Å². The number of nitrogens with zero attached hydrogens (tertiary/aromatic N) is 4. The molecule has 0 spiro atoms. The van der Waals surface area contributed by atoms with Crippen molar-refractivity contribution in [2.75, 3.05) is 13.7 Å². The second-order valence-corrected chi connectivity index (χ2v) is 7.15. The predicted molar refractivity (Wildman–Crippen MR) is 123 cm³/mol. The zero-order valence-corrected chi connectivity index (χ0v) is 18.1. The molecule has 4 rings (SSSR count). The Morgan fingerprint density at radius 3 is 2.59 bits per heavy atom. The van der Waals surface area contributed by atoms with Crippen LogP contribution in [-0.4, -0.2) is 40.6 Å². The molecule has 8 nitrogen and oxygen atoms in total. The molecule has 2 aromatic heterocycles. The number of aromatic nitrogens is 3. The van der Waals surface area contributed by atoms with Gasteiger partial charge in [-0.2, -0.15) is 10.2 Å². The number of nitrogens with one attached hydrogen (secondary N) is 1. The number of ether oxygens (including phenoxy) is 2. The van der Waals surface area contributed by atoms with E-state index in [2.05, 4.69) is 20.6 Å². The molecule has 162 valence electrons. The zero-order valence-electron chi connectivity index (χ0n) is 18.1. The Morgan fingerprint density at radius 1 is 1.12 bits per heavy atom. The van der Waals surface area contributed by atoms with E-state index in [1.165, 1.54) is 0 Å². The van der Waals surface area contributed by atoms with Crippen LogP contribution in [0.5, 0.6) is 11.5 Å². The first-order chi connectivity index (χ1) is 15.5. The molecule has 0 radical (unpaired) electrons. The summed E-state index contributed by atoms with van der Waals surface area (Å²) in [5, 5.41) is 9.37. The molecule has 0 aliphatic heterocycles. The van der Waals surface area contributed by atoms with Gasteiger partial charge in [0.1, 0.15) is 11.5 Å². The van der Waals surface area contributed by atoms with Crippen LogP contribution in [0.1, 0.15) is 17.0 Å². The number of carbonyl (C=O) groups is 1. The minimum atomic E-state index is -0.370. The number of pyridine rings is 1. The van der Waals surface area contributed by atoms with Gasteiger partial charge in [-0.1, -0.05) is 18.2 Å². The molecule has 1 amide bonds. The van der Waals surface area contributed by atoms with Crippen LogP contribution in [0.15, 0.2) is 65.8 Å². The first kappa shape index (κ1) is 21.0. The number of rotatable bonds is 7. The number of aryl methyl sites for hydroxylation is 2. The lowest BCUT2D eigenvalue weighted by Crippen LogP contribution is -2.24. The highest BCUT2D eigenvalue weighted by Gasteiger charge is 2.17. The number of para-hydroxylation sites is 1. The fourth-order valence-corrected chi connectivity index (χ4v) is 3.28. The van der Waals surface area contributed by atoms with Gasteiger partial charge in [-0.15, -0.1) is 0 Å². The third-order valence-electron chi connectivity index (χ3n) is 4.78. The summed E-state index contributed by atoms with van der Waals surface area (Å²) in [5.41, 5.74) is 6.43. The van der Waals surface area contributed by atoms with E-state index in [4.69, 9.17) is 9.47 Å².